The van der Waals surface area contributed by atoms with Gasteiger partial charge in [0.1, 0.15) is 11.7 Å². The number of nitrogens with zero attached hydrogens (tertiary/aromatic N) is 3. The summed E-state index contributed by atoms with van der Waals surface area (Å²) < 4.78 is 39.5. The first-order chi connectivity index (χ1) is 13.7. The van der Waals surface area contributed by atoms with E-state index in [9.17, 15) is 28.4 Å². The number of carbonyl (C=O) groups is 1. The Morgan fingerprint density at radius 3 is 2.69 bits per heavy atom. The molecular weight excluding hydrogens is 395 g/mol. The van der Waals surface area contributed by atoms with Crippen molar-refractivity contribution < 1.29 is 28.4 Å². The topological polar surface area (TPSA) is 129 Å². The van der Waals surface area contributed by atoms with Gasteiger partial charge in [-0.05, 0) is 35.1 Å². The molecule has 1 aliphatic rings. The van der Waals surface area contributed by atoms with E-state index in [1.54, 1.807) is 12.1 Å². The van der Waals surface area contributed by atoms with Crippen LogP contribution >= 0.6 is 0 Å². The van der Waals surface area contributed by atoms with E-state index in [2.05, 4.69) is 26.2 Å². The number of hydroxylamine groups is 1. The summed E-state index contributed by atoms with van der Waals surface area (Å²) in [4.78, 5) is 19.2. The van der Waals surface area contributed by atoms with E-state index in [1.165, 1.54) is 18.5 Å². The largest absolute Gasteiger partial charge is 0.416 e. The fraction of sp³-hybridized carbons (Fsp3) is 0.125. The Morgan fingerprint density at radius 1 is 1.21 bits per heavy atom. The highest BCUT2D eigenvalue weighted by molar-refractivity contribution is 6.11. The summed E-state index contributed by atoms with van der Waals surface area (Å²) in [5.41, 5.74) is 4.51. The molecule has 6 N–H and O–H groups in total. The molecule has 2 aromatic carbocycles. The SMILES string of the molecule is O=C(Nc1cccc(C2NNN(O)N2O)c1)c1cc(C(F)(F)F)cc2[nH]cnc12. The van der Waals surface area contributed by atoms with Crippen LogP contribution in [-0.2, 0) is 6.18 Å². The second kappa shape index (κ2) is 7.07. The smallest absolute Gasteiger partial charge is 0.345 e. The summed E-state index contributed by atoms with van der Waals surface area (Å²) in [6.07, 6.45) is -4.29. The number of nitrogens with one attached hydrogen (secondary N) is 4. The Bertz CT molecular complexity index is 1070. The summed E-state index contributed by atoms with van der Waals surface area (Å²) in [7, 11) is 0. The van der Waals surface area contributed by atoms with Crippen molar-refractivity contribution in [2.45, 2.75) is 12.3 Å². The monoisotopic (exact) mass is 409 g/mol. The first-order valence-electron chi connectivity index (χ1n) is 8.18. The molecule has 1 aromatic heterocycles. The number of benzene rings is 2. The molecule has 13 heteroatoms. The van der Waals surface area contributed by atoms with E-state index in [0.29, 0.717) is 16.0 Å². The lowest BCUT2D eigenvalue weighted by molar-refractivity contribution is -0.376. The number of halogens is 3. The number of carbonyl (C=O) groups excluding carboxylic acids is 1. The zero-order chi connectivity index (χ0) is 20.8. The van der Waals surface area contributed by atoms with Crippen molar-refractivity contribution in [1.82, 2.24) is 31.4 Å². The van der Waals surface area contributed by atoms with Crippen molar-refractivity contribution in [2.75, 3.05) is 5.32 Å². The number of H-pyrrole nitrogens is 1. The zero-order valence-electron chi connectivity index (χ0n) is 14.4. The highest BCUT2D eigenvalue weighted by Gasteiger charge is 2.33. The van der Waals surface area contributed by atoms with Gasteiger partial charge in [-0.15, -0.1) is 5.53 Å². The molecule has 1 atom stereocenters. The molecule has 4 rings (SSSR count). The average molecular weight is 409 g/mol. The zero-order valence-corrected chi connectivity index (χ0v) is 14.4. The van der Waals surface area contributed by atoms with Gasteiger partial charge in [-0.25, -0.2) is 10.4 Å². The van der Waals surface area contributed by atoms with Gasteiger partial charge in [0, 0.05) is 5.69 Å². The maximum Gasteiger partial charge on any atom is 0.416 e. The van der Waals surface area contributed by atoms with E-state index < -0.39 is 23.8 Å². The lowest BCUT2D eigenvalue weighted by Crippen LogP contribution is -2.38. The average Bonchev–Trinajstić information content (AvgIpc) is 3.27. The minimum absolute atomic E-state index is 0.0823. The molecule has 0 aliphatic carbocycles. The Hall–Kier alpha value is -3.07. The van der Waals surface area contributed by atoms with Crippen LogP contribution in [0, 0.1) is 0 Å². The van der Waals surface area contributed by atoms with Gasteiger partial charge in [-0.2, -0.15) is 13.2 Å². The number of anilines is 1. The van der Waals surface area contributed by atoms with E-state index in [-0.39, 0.29) is 22.3 Å². The molecule has 1 fully saturated rings. The molecule has 29 heavy (non-hydrogen) atoms. The summed E-state index contributed by atoms with van der Waals surface area (Å²) in [6, 6.07) is 7.80. The van der Waals surface area contributed by atoms with Gasteiger partial charge in [0.2, 0.25) is 0 Å². The van der Waals surface area contributed by atoms with E-state index in [0.717, 1.165) is 12.1 Å². The Morgan fingerprint density at radius 2 is 2.00 bits per heavy atom. The number of fused-ring (bicyclic) bond motifs is 1. The second-order valence-corrected chi connectivity index (χ2v) is 6.17. The molecule has 1 amide bonds. The van der Waals surface area contributed by atoms with Crippen LogP contribution in [-0.4, -0.2) is 36.7 Å². The number of rotatable bonds is 3. The highest BCUT2D eigenvalue weighted by Crippen LogP contribution is 2.33. The molecular formula is C16H14F3N7O3. The van der Waals surface area contributed by atoms with Crippen molar-refractivity contribution in [2.24, 2.45) is 0 Å². The predicted molar refractivity (Wildman–Crippen MR) is 91.8 cm³/mol. The van der Waals surface area contributed by atoms with E-state index in [4.69, 9.17) is 0 Å². The number of alkyl halides is 3. The molecule has 1 unspecified atom stereocenters. The first kappa shape index (κ1) is 19.3. The molecule has 10 nitrogen and oxygen atoms in total. The van der Waals surface area contributed by atoms with Crippen LogP contribution in [0.25, 0.3) is 11.0 Å². The van der Waals surface area contributed by atoms with Gasteiger partial charge in [0.15, 0.2) is 0 Å². The summed E-state index contributed by atoms with van der Waals surface area (Å²) in [6.45, 7) is 0. The van der Waals surface area contributed by atoms with Crippen LogP contribution in [0.5, 0.6) is 0 Å². The molecule has 1 saturated heterocycles. The van der Waals surface area contributed by atoms with E-state index >= 15 is 0 Å². The van der Waals surface area contributed by atoms with Crippen molar-refractivity contribution in [3.8, 4) is 0 Å². The van der Waals surface area contributed by atoms with Crippen molar-refractivity contribution in [1.29, 1.82) is 0 Å². The fourth-order valence-electron chi connectivity index (χ4n) is 2.93. The quantitative estimate of drug-likeness (QED) is 0.388. The highest BCUT2D eigenvalue weighted by atomic mass is 19.4. The second-order valence-electron chi connectivity index (χ2n) is 6.17. The predicted octanol–water partition coefficient (Wildman–Crippen LogP) is 2.15. The number of hydrazine groups is 3. The van der Waals surface area contributed by atoms with Crippen LogP contribution in [0.2, 0.25) is 0 Å². The number of hydrogen-bond donors (Lipinski definition) is 6. The molecule has 0 bridgehead atoms. The maximum absolute atomic E-state index is 13.2. The van der Waals surface area contributed by atoms with Crippen molar-refractivity contribution >= 4 is 22.6 Å². The lowest BCUT2D eigenvalue weighted by atomic mass is 10.1. The number of aromatic amines is 1. The summed E-state index contributed by atoms with van der Waals surface area (Å²) in [5, 5.41) is 22.4. The third kappa shape index (κ3) is 3.65. The van der Waals surface area contributed by atoms with Gasteiger partial charge in [0.05, 0.1) is 23.0 Å². The molecule has 3 aromatic rings. The normalized spacial score (nSPS) is 18.4. The Labute approximate surface area is 160 Å². The minimum Gasteiger partial charge on any atom is -0.345 e. The van der Waals surface area contributed by atoms with Crippen LogP contribution < -0.4 is 16.3 Å². The molecule has 152 valence electrons. The third-order valence-electron chi connectivity index (χ3n) is 4.28. The van der Waals surface area contributed by atoms with Gasteiger partial charge in [-0.1, -0.05) is 17.3 Å². The van der Waals surface area contributed by atoms with Crippen molar-refractivity contribution in [3.05, 3.63) is 59.4 Å². The molecule has 2 heterocycles. The standard InChI is InChI=1S/C16H14F3N7O3/c17-16(18,19)9-5-11(13-12(6-9)20-7-21-13)15(27)22-10-3-1-2-8(4-10)14-23-24-26(29)25(14)28/h1-7,14,23-24,28-29H,(H,20,21)(H,22,27). The Kier molecular flexibility index (Phi) is 4.70. The van der Waals surface area contributed by atoms with Crippen LogP contribution in [0.4, 0.5) is 18.9 Å². The number of aromatic nitrogens is 2. The lowest BCUT2D eigenvalue weighted by Gasteiger charge is -2.18. The minimum atomic E-state index is -4.63. The van der Waals surface area contributed by atoms with Gasteiger partial charge in [-0.3, -0.25) is 15.2 Å². The molecule has 0 radical (unpaired) electrons. The van der Waals surface area contributed by atoms with Crippen LogP contribution in [0.3, 0.4) is 0 Å². The van der Waals surface area contributed by atoms with Crippen LogP contribution in [0.15, 0.2) is 42.7 Å². The first-order valence-corrected chi connectivity index (χ1v) is 8.18. The summed E-state index contributed by atoms with van der Waals surface area (Å²) >= 11 is 0. The fourth-order valence-corrected chi connectivity index (χ4v) is 2.93. The van der Waals surface area contributed by atoms with Gasteiger partial charge < -0.3 is 10.3 Å². The maximum atomic E-state index is 13.2. The number of imidazole rings is 1. The van der Waals surface area contributed by atoms with Crippen molar-refractivity contribution in [3.63, 3.8) is 0 Å². The molecule has 0 saturated carbocycles. The number of amides is 1. The van der Waals surface area contributed by atoms with E-state index in [1.807, 2.05) is 0 Å². The van der Waals surface area contributed by atoms with Gasteiger partial charge >= 0.3 is 6.18 Å². The summed E-state index contributed by atoms with van der Waals surface area (Å²) in [5.74, 6) is -0.785. The Balaban J connectivity index is 1.64. The number of hydrogen-bond acceptors (Lipinski definition) is 8. The third-order valence-corrected chi connectivity index (χ3v) is 4.28. The molecule has 0 spiro atoms. The van der Waals surface area contributed by atoms with Crippen LogP contribution in [0.1, 0.15) is 27.7 Å². The van der Waals surface area contributed by atoms with Gasteiger partial charge in [0.25, 0.3) is 5.91 Å². The molecule has 1 aliphatic heterocycles.